The largest absolute Gasteiger partial charge is 0.352 e. The minimum absolute atomic E-state index is 0.0114. The van der Waals surface area contributed by atoms with Gasteiger partial charge in [-0.15, -0.1) is 0 Å². The van der Waals surface area contributed by atoms with Crippen LogP contribution in [0, 0.1) is 5.92 Å². The molecule has 0 saturated carbocycles. The number of amides is 1. The topological polar surface area (TPSA) is 55.1 Å². The van der Waals surface area contributed by atoms with E-state index in [1.165, 1.54) is 51.4 Å². The standard InChI is InChI=1S/C20H34N2O/c1-2-3-4-5-6-7-9-12-18(17-21)15-16-22-20(23)19-13-10-8-11-14-19/h8,10-11,13-14,18H,2-7,9,12,15-17,21H2,1H3,(H,22,23). The number of unbranched alkanes of at least 4 members (excludes halogenated alkanes) is 6. The highest BCUT2D eigenvalue weighted by Gasteiger charge is 2.08. The summed E-state index contributed by atoms with van der Waals surface area (Å²) in [6.07, 6.45) is 11.5. The van der Waals surface area contributed by atoms with Gasteiger partial charge in [0.05, 0.1) is 0 Å². The van der Waals surface area contributed by atoms with Crippen molar-refractivity contribution in [3.8, 4) is 0 Å². The number of rotatable bonds is 13. The molecule has 3 heteroatoms. The Morgan fingerprint density at radius 3 is 2.30 bits per heavy atom. The van der Waals surface area contributed by atoms with Crippen molar-refractivity contribution in [1.82, 2.24) is 5.32 Å². The quantitative estimate of drug-likeness (QED) is 0.525. The first-order valence-corrected chi connectivity index (χ1v) is 9.31. The van der Waals surface area contributed by atoms with Gasteiger partial charge in [0, 0.05) is 12.1 Å². The van der Waals surface area contributed by atoms with Crippen molar-refractivity contribution in [2.75, 3.05) is 13.1 Å². The molecule has 0 aliphatic carbocycles. The van der Waals surface area contributed by atoms with Gasteiger partial charge in [0.25, 0.3) is 5.91 Å². The summed E-state index contributed by atoms with van der Waals surface area (Å²) in [5, 5.41) is 2.99. The Labute approximate surface area is 142 Å². The molecule has 1 rings (SSSR count). The fraction of sp³-hybridized carbons (Fsp3) is 0.650. The molecule has 1 unspecified atom stereocenters. The fourth-order valence-corrected chi connectivity index (χ4v) is 2.85. The summed E-state index contributed by atoms with van der Waals surface area (Å²) in [7, 11) is 0. The van der Waals surface area contributed by atoms with Gasteiger partial charge < -0.3 is 11.1 Å². The van der Waals surface area contributed by atoms with Crippen LogP contribution >= 0.6 is 0 Å². The van der Waals surface area contributed by atoms with E-state index in [9.17, 15) is 4.79 Å². The third-order valence-corrected chi connectivity index (χ3v) is 4.42. The van der Waals surface area contributed by atoms with Crippen molar-refractivity contribution < 1.29 is 4.79 Å². The number of carbonyl (C=O) groups excluding carboxylic acids is 1. The van der Waals surface area contributed by atoms with Gasteiger partial charge in [-0.05, 0) is 37.4 Å². The van der Waals surface area contributed by atoms with Gasteiger partial charge in [0.15, 0.2) is 0 Å². The second-order valence-corrected chi connectivity index (χ2v) is 6.42. The second-order valence-electron chi connectivity index (χ2n) is 6.42. The third-order valence-electron chi connectivity index (χ3n) is 4.42. The zero-order chi connectivity index (χ0) is 16.8. The summed E-state index contributed by atoms with van der Waals surface area (Å²) >= 11 is 0. The minimum atomic E-state index is 0.0114. The van der Waals surface area contributed by atoms with Crippen LogP contribution in [0.1, 0.15) is 75.1 Å². The normalized spacial score (nSPS) is 12.1. The van der Waals surface area contributed by atoms with Crippen LogP contribution in [0.4, 0.5) is 0 Å². The molecule has 3 nitrogen and oxygen atoms in total. The van der Waals surface area contributed by atoms with E-state index in [4.69, 9.17) is 5.73 Å². The molecule has 3 N–H and O–H groups in total. The molecular weight excluding hydrogens is 284 g/mol. The van der Waals surface area contributed by atoms with Gasteiger partial charge in [-0.1, -0.05) is 70.1 Å². The molecule has 23 heavy (non-hydrogen) atoms. The molecule has 1 aromatic rings. The molecule has 0 spiro atoms. The van der Waals surface area contributed by atoms with Crippen LogP contribution < -0.4 is 11.1 Å². The maximum absolute atomic E-state index is 12.0. The van der Waals surface area contributed by atoms with Crippen molar-refractivity contribution in [2.24, 2.45) is 11.7 Å². The van der Waals surface area contributed by atoms with Crippen molar-refractivity contribution in [3.05, 3.63) is 35.9 Å². The summed E-state index contributed by atoms with van der Waals surface area (Å²) in [5.74, 6) is 0.541. The Kier molecular flexibility index (Phi) is 11.2. The monoisotopic (exact) mass is 318 g/mol. The predicted molar refractivity (Wildman–Crippen MR) is 98.5 cm³/mol. The van der Waals surface area contributed by atoms with E-state index >= 15 is 0 Å². The number of nitrogens with two attached hydrogens (primary N) is 1. The maximum atomic E-state index is 12.0. The Morgan fingerprint density at radius 1 is 1.00 bits per heavy atom. The van der Waals surface area contributed by atoms with E-state index < -0.39 is 0 Å². The molecule has 0 radical (unpaired) electrons. The molecule has 0 heterocycles. The first-order chi connectivity index (χ1) is 11.3. The van der Waals surface area contributed by atoms with Crippen LogP contribution in [0.3, 0.4) is 0 Å². The SMILES string of the molecule is CCCCCCCCCC(CN)CCNC(=O)c1ccccc1. The maximum Gasteiger partial charge on any atom is 0.251 e. The van der Waals surface area contributed by atoms with Gasteiger partial charge in [0.1, 0.15) is 0 Å². The van der Waals surface area contributed by atoms with Crippen LogP contribution in [-0.2, 0) is 0 Å². The number of carbonyl (C=O) groups is 1. The lowest BCUT2D eigenvalue weighted by Crippen LogP contribution is -2.27. The lowest BCUT2D eigenvalue weighted by molar-refractivity contribution is 0.0951. The predicted octanol–water partition coefficient (Wildman–Crippen LogP) is 4.52. The summed E-state index contributed by atoms with van der Waals surface area (Å²) in [6, 6.07) is 9.38. The molecular formula is C20H34N2O. The van der Waals surface area contributed by atoms with Gasteiger partial charge in [-0.25, -0.2) is 0 Å². The Hall–Kier alpha value is -1.35. The first kappa shape index (κ1) is 19.7. The fourth-order valence-electron chi connectivity index (χ4n) is 2.85. The van der Waals surface area contributed by atoms with Crippen molar-refractivity contribution in [1.29, 1.82) is 0 Å². The van der Waals surface area contributed by atoms with Crippen LogP contribution in [0.5, 0.6) is 0 Å². The lowest BCUT2D eigenvalue weighted by Gasteiger charge is -2.15. The Balaban J connectivity index is 2.08. The van der Waals surface area contributed by atoms with Crippen LogP contribution in [-0.4, -0.2) is 19.0 Å². The summed E-state index contributed by atoms with van der Waals surface area (Å²) in [6.45, 7) is 3.69. The molecule has 0 aromatic heterocycles. The summed E-state index contributed by atoms with van der Waals surface area (Å²) in [4.78, 5) is 12.0. The number of hydrogen-bond donors (Lipinski definition) is 2. The molecule has 0 aliphatic rings. The molecule has 0 saturated heterocycles. The van der Waals surface area contributed by atoms with E-state index in [2.05, 4.69) is 12.2 Å². The van der Waals surface area contributed by atoms with Gasteiger partial charge in [-0.2, -0.15) is 0 Å². The molecule has 0 aliphatic heterocycles. The molecule has 130 valence electrons. The Morgan fingerprint density at radius 2 is 1.65 bits per heavy atom. The van der Waals surface area contributed by atoms with Gasteiger partial charge in [-0.3, -0.25) is 4.79 Å². The van der Waals surface area contributed by atoms with Crippen LogP contribution in [0.2, 0.25) is 0 Å². The zero-order valence-electron chi connectivity index (χ0n) is 14.7. The van der Waals surface area contributed by atoms with Gasteiger partial charge in [0.2, 0.25) is 0 Å². The molecule has 1 aromatic carbocycles. The zero-order valence-corrected chi connectivity index (χ0v) is 14.7. The van der Waals surface area contributed by atoms with Crippen LogP contribution in [0.15, 0.2) is 30.3 Å². The number of hydrogen-bond acceptors (Lipinski definition) is 2. The average molecular weight is 319 g/mol. The third kappa shape index (κ3) is 9.39. The van der Waals surface area contributed by atoms with Crippen LogP contribution in [0.25, 0.3) is 0 Å². The number of nitrogens with one attached hydrogen (secondary N) is 1. The Bertz CT molecular complexity index is 405. The van der Waals surface area contributed by atoms with Crippen molar-refractivity contribution in [2.45, 2.75) is 64.7 Å². The highest BCUT2D eigenvalue weighted by Crippen LogP contribution is 2.14. The first-order valence-electron chi connectivity index (χ1n) is 9.31. The second kappa shape index (κ2) is 13.1. The minimum Gasteiger partial charge on any atom is -0.352 e. The summed E-state index contributed by atoms with van der Waals surface area (Å²) < 4.78 is 0. The molecule has 0 bridgehead atoms. The van der Waals surface area contributed by atoms with Gasteiger partial charge >= 0.3 is 0 Å². The summed E-state index contributed by atoms with van der Waals surface area (Å²) in [5.41, 5.74) is 6.59. The van der Waals surface area contributed by atoms with E-state index in [0.29, 0.717) is 12.5 Å². The van der Waals surface area contributed by atoms with E-state index in [1.807, 2.05) is 30.3 Å². The number of benzene rings is 1. The highest BCUT2D eigenvalue weighted by molar-refractivity contribution is 5.94. The molecule has 1 atom stereocenters. The van der Waals surface area contributed by atoms with E-state index in [-0.39, 0.29) is 5.91 Å². The molecule has 0 fully saturated rings. The highest BCUT2D eigenvalue weighted by atomic mass is 16.1. The van der Waals surface area contributed by atoms with E-state index in [0.717, 1.165) is 18.5 Å². The van der Waals surface area contributed by atoms with Crippen molar-refractivity contribution >= 4 is 5.91 Å². The average Bonchev–Trinajstić information content (AvgIpc) is 2.60. The molecule has 1 amide bonds. The van der Waals surface area contributed by atoms with Crippen molar-refractivity contribution in [3.63, 3.8) is 0 Å². The van der Waals surface area contributed by atoms with E-state index in [1.54, 1.807) is 0 Å². The lowest BCUT2D eigenvalue weighted by atomic mass is 9.97. The smallest absolute Gasteiger partial charge is 0.251 e.